The number of hydrogen-bond acceptors (Lipinski definition) is 3. The summed E-state index contributed by atoms with van der Waals surface area (Å²) in [5, 5.41) is 2.53. The van der Waals surface area contributed by atoms with Crippen LogP contribution >= 0.6 is 0 Å². The fraction of sp³-hybridized carbons (Fsp3) is 0.467. The first kappa shape index (κ1) is 16.0. The molecule has 0 aliphatic carbocycles. The number of anilines is 1. The molecule has 0 aliphatic rings. The van der Waals surface area contributed by atoms with E-state index >= 15 is 0 Å². The molecule has 0 saturated carbocycles. The molecular formula is C15H23N3O2. The zero-order chi connectivity index (χ0) is 15.1. The van der Waals surface area contributed by atoms with Crippen molar-refractivity contribution < 1.29 is 9.59 Å². The normalized spacial score (nSPS) is 11.8. The van der Waals surface area contributed by atoms with Crippen molar-refractivity contribution in [2.24, 2.45) is 0 Å². The van der Waals surface area contributed by atoms with Crippen LogP contribution in [0.4, 0.5) is 5.69 Å². The van der Waals surface area contributed by atoms with Crippen molar-refractivity contribution >= 4 is 17.5 Å². The van der Waals surface area contributed by atoms with Crippen LogP contribution in [0, 0.1) is 0 Å². The van der Waals surface area contributed by atoms with E-state index in [9.17, 15) is 9.59 Å². The number of nitrogen functional groups attached to an aromatic ring is 1. The second kappa shape index (κ2) is 7.53. The molecule has 0 aromatic heterocycles. The van der Waals surface area contributed by atoms with Gasteiger partial charge in [-0.05, 0) is 30.5 Å². The molecule has 110 valence electrons. The lowest BCUT2D eigenvalue weighted by Crippen LogP contribution is -2.39. The maximum atomic E-state index is 12.2. The highest BCUT2D eigenvalue weighted by Crippen LogP contribution is 2.21. The number of benzene rings is 1. The molecule has 3 N–H and O–H groups in total. The minimum Gasteiger partial charge on any atom is -0.399 e. The van der Waals surface area contributed by atoms with Gasteiger partial charge in [-0.3, -0.25) is 9.59 Å². The van der Waals surface area contributed by atoms with E-state index in [2.05, 4.69) is 5.32 Å². The Bertz CT molecular complexity index is 457. The van der Waals surface area contributed by atoms with E-state index in [0.29, 0.717) is 18.7 Å². The SMILES string of the molecule is CCN(CC(=O)NC)C(=O)CC(C)c1ccc(N)cc1. The molecule has 5 nitrogen and oxygen atoms in total. The van der Waals surface area contributed by atoms with Gasteiger partial charge < -0.3 is 16.0 Å². The fourth-order valence-corrected chi connectivity index (χ4v) is 1.96. The lowest BCUT2D eigenvalue weighted by molar-refractivity contribution is -0.136. The smallest absolute Gasteiger partial charge is 0.239 e. The van der Waals surface area contributed by atoms with Crippen molar-refractivity contribution in [1.82, 2.24) is 10.2 Å². The molecule has 0 saturated heterocycles. The summed E-state index contributed by atoms with van der Waals surface area (Å²) in [4.78, 5) is 25.1. The third-order valence-electron chi connectivity index (χ3n) is 3.33. The molecule has 0 bridgehead atoms. The molecule has 0 fully saturated rings. The minimum atomic E-state index is -0.152. The van der Waals surface area contributed by atoms with E-state index in [0.717, 1.165) is 5.56 Å². The van der Waals surface area contributed by atoms with Gasteiger partial charge in [0.15, 0.2) is 0 Å². The van der Waals surface area contributed by atoms with E-state index in [1.54, 1.807) is 11.9 Å². The molecule has 0 spiro atoms. The molecule has 1 unspecified atom stereocenters. The first-order chi connectivity index (χ1) is 9.47. The lowest BCUT2D eigenvalue weighted by Gasteiger charge is -2.22. The van der Waals surface area contributed by atoms with Gasteiger partial charge in [0.1, 0.15) is 0 Å². The minimum absolute atomic E-state index is 0.0135. The average molecular weight is 277 g/mol. The van der Waals surface area contributed by atoms with Gasteiger partial charge in [-0.2, -0.15) is 0 Å². The van der Waals surface area contributed by atoms with Crippen LogP contribution in [-0.2, 0) is 9.59 Å². The van der Waals surface area contributed by atoms with E-state index in [1.807, 2.05) is 38.1 Å². The molecule has 0 aliphatic heterocycles. The summed E-state index contributed by atoms with van der Waals surface area (Å²) < 4.78 is 0. The van der Waals surface area contributed by atoms with Gasteiger partial charge in [-0.25, -0.2) is 0 Å². The Morgan fingerprint density at radius 2 is 1.90 bits per heavy atom. The first-order valence-electron chi connectivity index (χ1n) is 6.81. The molecule has 1 atom stereocenters. The average Bonchev–Trinajstić information content (AvgIpc) is 2.44. The van der Waals surface area contributed by atoms with Gasteiger partial charge in [-0.1, -0.05) is 19.1 Å². The highest BCUT2D eigenvalue weighted by molar-refractivity contribution is 5.84. The number of nitrogens with two attached hydrogens (primary N) is 1. The summed E-state index contributed by atoms with van der Waals surface area (Å²) in [6.45, 7) is 4.51. The molecule has 20 heavy (non-hydrogen) atoms. The van der Waals surface area contributed by atoms with E-state index < -0.39 is 0 Å². The van der Waals surface area contributed by atoms with Crippen LogP contribution in [0.1, 0.15) is 31.7 Å². The van der Waals surface area contributed by atoms with Gasteiger partial charge in [0.05, 0.1) is 6.54 Å². The van der Waals surface area contributed by atoms with Gasteiger partial charge in [-0.15, -0.1) is 0 Å². The van der Waals surface area contributed by atoms with Gasteiger partial charge >= 0.3 is 0 Å². The van der Waals surface area contributed by atoms with Crippen LogP contribution in [0.15, 0.2) is 24.3 Å². The highest BCUT2D eigenvalue weighted by Gasteiger charge is 2.18. The van der Waals surface area contributed by atoms with Crippen molar-refractivity contribution in [3.8, 4) is 0 Å². The number of rotatable bonds is 6. The van der Waals surface area contributed by atoms with E-state index in [4.69, 9.17) is 5.73 Å². The van der Waals surface area contributed by atoms with Crippen molar-refractivity contribution in [2.75, 3.05) is 25.9 Å². The molecular weight excluding hydrogens is 254 g/mol. The molecule has 5 heteroatoms. The summed E-state index contributed by atoms with van der Waals surface area (Å²) in [5.41, 5.74) is 7.43. The van der Waals surface area contributed by atoms with Crippen LogP contribution < -0.4 is 11.1 Å². The Labute approximate surface area is 120 Å². The predicted molar refractivity (Wildman–Crippen MR) is 80.2 cm³/mol. The molecule has 1 aromatic carbocycles. The maximum Gasteiger partial charge on any atom is 0.239 e. The Kier molecular flexibility index (Phi) is 6.03. The first-order valence-corrected chi connectivity index (χ1v) is 6.81. The molecule has 1 rings (SSSR count). The van der Waals surface area contributed by atoms with Crippen LogP contribution in [0.5, 0.6) is 0 Å². The summed E-state index contributed by atoms with van der Waals surface area (Å²) in [6, 6.07) is 7.53. The third-order valence-corrected chi connectivity index (χ3v) is 3.33. The zero-order valence-corrected chi connectivity index (χ0v) is 12.3. The number of carbonyl (C=O) groups excluding carboxylic acids is 2. The monoisotopic (exact) mass is 277 g/mol. The number of hydrogen-bond donors (Lipinski definition) is 2. The molecule has 0 radical (unpaired) electrons. The quantitative estimate of drug-likeness (QED) is 0.771. The third kappa shape index (κ3) is 4.57. The maximum absolute atomic E-state index is 12.2. The van der Waals surface area contributed by atoms with Gasteiger partial charge in [0.2, 0.25) is 11.8 Å². The summed E-state index contributed by atoms with van der Waals surface area (Å²) in [7, 11) is 1.57. The van der Waals surface area contributed by atoms with Crippen LogP contribution in [0.3, 0.4) is 0 Å². The van der Waals surface area contributed by atoms with Crippen LogP contribution in [-0.4, -0.2) is 36.9 Å². The van der Waals surface area contributed by atoms with Crippen molar-refractivity contribution in [3.05, 3.63) is 29.8 Å². The standard InChI is InChI=1S/C15H23N3O2/c1-4-18(10-14(19)17-3)15(20)9-11(2)12-5-7-13(16)8-6-12/h5-8,11H,4,9-10,16H2,1-3H3,(H,17,19). The second-order valence-corrected chi connectivity index (χ2v) is 4.85. The number of carbonyl (C=O) groups is 2. The van der Waals surface area contributed by atoms with E-state index in [1.165, 1.54) is 0 Å². The van der Waals surface area contributed by atoms with Crippen molar-refractivity contribution in [2.45, 2.75) is 26.2 Å². The summed E-state index contributed by atoms with van der Waals surface area (Å²) in [6.07, 6.45) is 0.384. The zero-order valence-electron chi connectivity index (χ0n) is 12.3. The Hall–Kier alpha value is -2.04. The van der Waals surface area contributed by atoms with Gasteiger partial charge in [0.25, 0.3) is 0 Å². The second-order valence-electron chi connectivity index (χ2n) is 4.85. The lowest BCUT2D eigenvalue weighted by atomic mass is 9.97. The van der Waals surface area contributed by atoms with E-state index in [-0.39, 0.29) is 24.3 Å². The predicted octanol–water partition coefficient (Wildman–Crippen LogP) is 1.36. The number of likely N-dealkylation sites (N-methyl/N-ethyl adjacent to an activating group) is 2. The number of nitrogens with zero attached hydrogens (tertiary/aromatic N) is 1. The highest BCUT2D eigenvalue weighted by atomic mass is 16.2. The fourth-order valence-electron chi connectivity index (χ4n) is 1.96. The van der Waals surface area contributed by atoms with Crippen molar-refractivity contribution in [3.63, 3.8) is 0 Å². The summed E-state index contributed by atoms with van der Waals surface area (Å²) >= 11 is 0. The number of amides is 2. The Morgan fingerprint density at radius 1 is 1.30 bits per heavy atom. The van der Waals surface area contributed by atoms with Gasteiger partial charge in [0, 0.05) is 25.7 Å². The largest absolute Gasteiger partial charge is 0.399 e. The molecule has 1 aromatic rings. The number of nitrogens with one attached hydrogen (secondary N) is 1. The Balaban J connectivity index is 2.63. The molecule has 2 amide bonds. The van der Waals surface area contributed by atoms with Crippen LogP contribution in [0.25, 0.3) is 0 Å². The topological polar surface area (TPSA) is 75.4 Å². The molecule has 0 heterocycles. The Morgan fingerprint density at radius 3 is 2.40 bits per heavy atom. The summed E-state index contributed by atoms with van der Waals surface area (Å²) in [5.74, 6) is -0.0670. The van der Waals surface area contributed by atoms with Crippen molar-refractivity contribution in [1.29, 1.82) is 0 Å². The van der Waals surface area contributed by atoms with Crippen LogP contribution in [0.2, 0.25) is 0 Å².